The molecule has 3 heterocycles. The number of rotatable bonds is 8. The van der Waals surface area contributed by atoms with Crippen LogP contribution in [0.4, 0.5) is 0 Å². The van der Waals surface area contributed by atoms with Crippen molar-refractivity contribution in [1.29, 1.82) is 0 Å². The first kappa shape index (κ1) is 21.5. The Morgan fingerprint density at radius 2 is 2.00 bits per heavy atom. The molecule has 1 aliphatic heterocycles. The van der Waals surface area contributed by atoms with Crippen molar-refractivity contribution in [3.8, 4) is 11.5 Å². The molecule has 9 heteroatoms. The Bertz CT molecular complexity index is 1200. The minimum Gasteiger partial charge on any atom is -0.469 e. The zero-order valence-electron chi connectivity index (χ0n) is 18.0. The number of fused-ring (bicyclic) bond motifs is 2. The topological polar surface area (TPSA) is 112 Å². The summed E-state index contributed by atoms with van der Waals surface area (Å²) in [5.41, 5.74) is 0.200. The minimum atomic E-state index is -0.602. The van der Waals surface area contributed by atoms with Gasteiger partial charge in [0.25, 0.3) is 5.91 Å². The lowest BCUT2D eigenvalue weighted by molar-refractivity contribution is -0.120. The highest BCUT2D eigenvalue weighted by atomic mass is 16.7. The lowest BCUT2D eigenvalue weighted by Crippen LogP contribution is -2.42. The fraction of sp³-hybridized carbons (Fsp3) is 0.348. The number of nitrogens with one attached hydrogen (secondary N) is 2. The van der Waals surface area contributed by atoms with Gasteiger partial charge in [-0.25, -0.2) is 0 Å². The van der Waals surface area contributed by atoms with Gasteiger partial charge in [-0.05, 0) is 38.5 Å². The first-order chi connectivity index (χ1) is 15.5. The van der Waals surface area contributed by atoms with Crippen LogP contribution in [0.3, 0.4) is 0 Å². The smallest absolute Gasteiger partial charge is 0.257 e. The molecular formula is C23H25N3O6. The molecule has 2 N–H and O–H groups in total. The molecule has 1 aliphatic rings. The number of carbonyl (C=O) groups is 2. The molecule has 0 bridgehead atoms. The number of nitrogens with zero attached hydrogens (tertiary/aromatic N) is 1. The van der Waals surface area contributed by atoms with Gasteiger partial charge in [-0.2, -0.15) is 0 Å². The van der Waals surface area contributed by atoms with Crippen molar-refractivity contribution in [2.75, 3.05) is 13.3 Å². The van der Waals surface area contributed by atoms with E-state index < -0.39 is 11.3 Å². The van der Waals surface area contributed by atoms with E-state index in [9.17, 15) is 14.4 Å². The minimum absolute atomic E-state index is 0.0307. The summed E-state index contributed by atoms with van der Waals surface area (Å²) in [5, 5.41) is 5.74. The normalized spacial score (nSPS) is 13.2. The van der Waals surface area contributed by atoms with Gasteiger partial charge in [0.05, 0.1) is 23.7 Å². The Hall–Kier alpha value is -3.75. The van der Waals surface area contributed by atoms with Gasteiger partial charge in [-0.15, -0.1) is 0 Å². The molecule has 0 saturated carbocycles. The zero-order valence-corrected chi connectivity index (χ0v) is 18.0. The molecule has 4 rings (SSSR count). The Balaban J connectivity index is 1.42. The number of benzene rings is 1. The van der Waals surface area contributed by atoms with E-state index in [0.29, 0.717) is 41.8 Å². The summed E-state index contributed by atoms with van der Waals surface area (Å²) in [6.07, 6.45) is 4.52. The Morgan fingerprint density at radius 1 is 1.22 bits per heavy atom. The van der Waals surface area contributed by atoms with Gasteiger partial charge in [-0.1, -0.05) is 0 Å². The molecule has 0 aliphatic carbocycles. The predicted octanol–water partition coefficient (Wildman–Crippen LogP) is 2.21. The summed E-state index contributed by atoms with van der Waals surface area (Å²) < 4.78 is 17.8. The van der Waals surface area contributed by atoms with Crippen LogP contribution < -0.4 is 25.5 Å². The quantitative estimate of drug-likeness (QED) is 0.557. The van der Waals surface area contributed by atoms with E-state index in [0.717, 1.165) is 5.76 Å². The molecule has 0 radical (unpaired) electrons. The average molecular weight is 439 g/mol. The maximum absolute atomic E-state index is 13.0. The Labute approximate surface area is 184 Å². The summed E-state index contributed by atoms with van der Waals surface area (Å²) in [6, 6.07) is 6.95. The van der Waals surface area contributed by atoms with Gasteiger partial charge in [-0.3, -0.25) is 14.4 Å². The van der Waals surface area contributed by atoms with E-state index in [-0.39, 0.29) is 30.9 Å². The van der Waals surface area contributed by atoms with Crippen LogP contribution in [0.15, 0.2) is 45.9 Å². The predicted molar refractivity (Wildman–Crippen MR) is 117 cm³/mol. The molecule has 2 aromatic heterocycles. The number of aromatic nitrogens is 1. The van der Waals surface area contributed by atoms with E-state index in [1.165, 1.54) is 6.20 Å². The van der Waals surface area contributed by atoms with Crippen LogP contribution in [-0.2, 0) is 17.8 Å². The first-order valence-corrected chi connectivity index (χ1v) is 10.5. The van der Waals surface area contributed by atoms with E-state index in [1.54, 1.807) is 23.0 Å². The monoisotopic (exact) mass is 439 g/mol. The van der Waals surface area contributed by atoms with Gasteiger partial charge in [0, 0.05) is 31.3 Å². The third-order valence-electron chi connectivity index (χ3n) is 5.38. The second kappa shape index (κ2) is 9.17. The highest BCUT2D eigenvalue weighted by Crippen LogP contribution is 2.35. The molecule has 1 aromatic carbocycles. The molecule has 9 nitrogen and oxygen atoms in total. The van der Waals surface area contributed by atoms with Crippen LogP contribution in [0.5, 0.6) is 11.5 Å². The van der Waals surface area contributed by atoms with Crippen molar-refractivity contribution >= 4 is 22.7 Å². The average Bonchev–Trinajstić information content (AvgIpc) is 3.47. The number of aryl methyl sites for hydroxylation is 2. The number of pyridine rings is 1. The molecule has 0 spiro atoms. The standard InChI is InChI=1S/C23H25N3O6/c1-3-26-12-17(22(28)16-9-19-20(10-18(16)26)32-13-31-19)23(29)24-11-21(27)25-14(2)6-7-15-5-4-8-30-15/h4-5,8-10,12,14H,3,6-7,11,13H2,1-2H3,(H,24,29)(H,25,27)/t14-/m0/s1. The molecule has 3 aromatic rings. The third kappa shape index (κ3) is 4.46. The zero-order chi connectivity index (χ0) is 22.7. The highest BCUT2D eigenvalue weighted by molar-refractivity contribution is 5.99. The van der Waals surface area contributed by atoms with Crippen LogP contribution in [-0.4, -0.2) is 35.8 Å². The molecule has 168 valence electrons. The maximum atomic E-state index is 13.0. The Morgan fingerprint density at radius 3 is 2.72 bits per heavy atom. The lowest BCUT2D eigenvalue weighted by atomic mass is 10.1. The van der Waals surface area contributed by atoms with Gasteiger partial charge in [0.1, 0.15) is 11.3 Å². The maximum Gasteiger partial charge on any atom is 0.257 e. The van der Waals surface area contributed by atoms with Crippen molar-refractivity contribution in [3.05, 3.63) is 58.3 Å². The van der Waals surface area contributed by atoms with E-state index in [2.05, 4.69) is 10.6 Å². The first-order valence-electron chi connectivity index (χ1n) is 10.5. The molecule has 2 amide bonds. The van der Waals surface area contributed by atoms with Crippen LogP contribution in [0.2, 0.25) is 0 Å². The van der Waals surface area contributed by atoms with Crippen molar-refractivity contribution in [2.24, 2.45) is 0 Å². The number of hydrogen-bond donors (Lipinski definition) is 2. The fourth-order valence-electron chi connectivity index (χ4n) is 3.67. The van der Waals surface area contributed by atoms with E-state index in [4.69, 9.17) is 13.9 Å². The summed E-state index contributed by atoms with van der Waals surface area (Å²) in [5.74, 6) is 0.956. The van der Waals surface area contributed by atoms with Crippen LogP contribution in [0.25, 0.3) is 10.9 Å². The lowest BCUT2D eigenvalue weighted by Gasteiger charge is -2.14. The summed E-state index contributed by atoms with van der Waals surface area (Å²) in [4.78, 5) is 37.9. The number of amides is 2. The summed E-state index contributed by atoms with van der Waals surface area (Å²) >= 11 is 0. The number of ether oxygens (including phenoxy) is 2. The molecule has 0 unspecified atom stereocenters. The van der Waals surface area contributed by atoms with Crippen molar-refractivity contribution in [1.82, 2.24) is 15.2 Å². The fourth-order valence-corrected chi connectivity index (χ4v) is 3.67. The Kier molecular flexibility index (Phi) is 6.16. The van der Waals surface area contributed by atoms with E-state index >= 15 is 0 Å². The van der Waals surface area contributed by atoms with E-state index in [1.807, 2.05) is 26.0 Å². The highest BCUT2D eigenvalue weighted by Gasteiger charge is 2.21. The summed E-state index contributed by atoms with van der Waals surface area (Å²) in [7, 11) is 0. The largest absolute Gasteiger partial charge is 0.469 e. The van der Waals surface area contributed by atoms with Crippen LogP contribution in [0, 0.1) is 0 Å². The number of hydrogen-bond acceptors (Lipinski definition) is 6. The number of carbonyl (C=O) groups excluding carboxylic acids is 2. The number of furan rings is 1. The molecule has 0 saturated heterocycles. The molecule has 32 heavy (non-hydrogen) atoms. The third-order valence-corrected chi connectivity index (χ3v) is 5.38. The van der Waals surface area contributed by atoms with Crippen molar-refractivity contribution in [2.45, 2.75) is 39.3 Å². The van der Waals surface area contributed by atoms with Gasteiger partial charge >= 0.3 is 0 Å². The van der Waals surface area contributed by atoms with Gasteiger partial charge in [0.15, 0.2) is 11.5 Å². The molecule has 0 fully saturated rings. The van der Waals surface area contributed by atoms with Crippen molar-refractivity contribution < 1.29 is 23.5 Å². The second-order valence-electron chi connectivity index (χ2n) is 7.65. The second-order valence-corrected chi connectivity index (χ2v) is 7.65. The van der Waals surface area contributed by atoms with Gasteiger partial charge < -0.3 is 29.1 Å². The SMILES string of the molecule is CCn1cc(C(=O)NCC(=O)N[C@@H](C)CCc2ccco2)c(=O)c2cc3c(cc21)OCO3. The van der Waals surface area contributed by atoms with Crippen LogP contribution in [0.1, 0.15) is 36.4 Å². The van der Waals surface area contributed by atoms with Crippen molar-refractivity contribution in [3.63, 3.8) is 0 Å². The molecule has 1 atom stereocenters. The summed E-state index contributed by atoms with van der Waals surface area (Å²) in [6.45, 7) is 4.21. The molecular weight excluding hydrogens is 414 g/mol. The van der Waals surface area contributed by atoms with Gasteiger partial charge in [0.2, 0.25) is 18.1 Å². The van der Waals surface area contributed by atoms with Crippen LogP contribution >= 0.6 is 0 Å².